The minimum atomic E-state index is -0.193. The Morgan fingerprint density at radius 3 is 2.71 bits per heavy atom. The van der Waals surface area contributed by atoms with Gasteiger partial charge in [0.05, 0.1) is 5.39 Å². The second kappa shape index (κ2) is 6.24. The van der Waals surface area contributed by atoms with Crippen LogP contribution >= 0.6 is 11.3 Å². The van der Waals surface area contributed by atoms with Crippen molar-refractivity contribution in [1.82, 2.24) is 4.90 Å². The summed E-state index contributed by atoms with van der Waals surface area (Å²) in [6.07, 6.45) is 1.89. The number of carbonyl (C=O) groups excluding carboxylic acids is 1. The molecule has 1 aliphatic heterocycles. The molecular formula is C19H17NO3S. The van der Waals surface area contributed by atoms with E-state index in [9.17, 15) is 9.59 Å². The summed E-state index contributed by atoms with van der Waals surface area (Å²) in [5.74, 6) is 0.457. The topological polar surface area (TPSA) is 50.5 Å². The first-order valence-corrected chi connectivity index (χ1v) is 9.01. The summed E-state index contributed by atoms with van der Waals surface area (Å²) >= 11 is 1.71. The van der Waals surface area contributed by atoms with E-state index in [0.717, 1.165) is 12.8 Å². The molecule has 0 saturated carbocycles. The molecule has 0 aliphatic carbocycles. The number of likely N-dealkylation sites (tertiary alicyclic amines) is 1. The van der Waals surface area contributed by atoms with Crippen LogP contribution in [0.25, 0.3) is 11.0 Å². The van der Waals surface area contributed by atoms with E-state index >= 15 is 0 Å². The molecule has 3 heterocycles. The Morgan fingerprint density at radius 2 is 1.96 bits per heavy atom. The lowest BCUT2D eigenvalue weighted by Gasteiger charge is -2.31. The normalized spacial score (nSPS) is 15.8. The van der Waals surface area contributed by atoms with Gasteiger partial charge in [-0.2, -0.15) is 11.3 Å². The molecule has 4 nitrogen and oxygen atoms in total. The minimum absolute atomic E-state index is 0.132. The lowest BCUT2D eigenvalue weighted by atomic mass is 9.91. The lowest BCUT2D eigenvalue weighted by Crippen LogP contribution is -2.38. The number of benzene rings is 1. The highest BCUT2D eigenvalue weighted by molar-refractivity contribution is 7.07. The van der Waals surface area contributed by atoms with Crippen molar-refractivity contribution >= 4 is 28.2 Å². The number of fused-ring (bicyclic) bond motifs is 1. The first kappa shape index (κ1) is 15.1. The second-order valence-corrected chi connectivity index (χ2v) is 6.87. The Labute approximate surface area is 143 Å². The van der Waals surface area contributed by atoms with Gasteiger partial charge in [0.25, 0.3) is 5.91 Å². The van der Waals surface area contributed by atoms with Gasteiger partial charge in [-0.05, 0) is 53.3 Å². The molecule has 3 aromatic rings. The highest BCUT2D eigenvalue weighted by atomic mass is 32.1. The molecule has 0 atom stereocenters. The second-order valence-electron chi connectivity index (χ2n) is 6.09. The molecule has 0 radical (unpaired) electrons. The predicted molar refractivity (Wildman–Crippen MR) is 94.7 cm³/mol. The summed E-state index contributed by atoms with van der Waals surface area (Å²) in [6.45, 7) is 1.38. The van der Waals surface area contributed by atoms with Gasteiger partial charge in [-0.15, -0.1) is 0 Å². The molecule has 4 rings (SSSR count). The van der Waals surface area contributed by atoms with Crippen LogP contribution in [0.1, 0.15) is 34.9 Å². The molecule has 1 amide bonds. The van der Waals surface area contributed by atoms with Crippen molar-refractivity contribution < 1.29 is 9.21 Å². The Balaban J connectivity index is 1.53. The third-order valence-corrected chi connectivity index (χ3v) is 5.34. The van der Waals surface area contributed by atoms with E-state index in [0.29, 0.717) is 30.0 Å². The van der Waals surface area contributed by atoms with Crippen LogP contribution in [-0.4, -0.2) is 23.9 Å². The molecule has 0 unspecified atom stereocenters. The van der Waals surface area contributed by atoms with Gasteiger partial charge in [0.2, 0.25) is 0 Å². The molecule has 1 aliphatic rings. The average molecular weight is 339 g/mol. The summed E-state index contributed by atoms with van der Waals surface area (Å²) in [6, 6.07) is 10.5. The van der Waals surface area contributed by atoms with E-state index in [1.54, 1.807) is 40.5 Å². The molecular weight excluding hydrogens is 322 g/mol. The van der Waals surface area contributed by atoms with Crippen LogP contribution in [0, 0.1) is 0 Å². The summed E-state index contributed by atoms with van der Waals surface area (Å²) in [7, 11) is 0. The quantitative estimate of drug-likeness (QED) is 0.712. The number of para-hydroxylation sites is 1. The van der Waals surface area contributed by atoms with Gasteiger partial charge in [-0.3, -0.25) is 9.59 Å². The van der Waals surface area contributed by atoms with E-state index < -0.39 is 0 Å². The maximum Gasteiger partial charge on any atom is 0.289 e. The molecule has 1 aromatic carbocycles. The number of thiophene rings is 1. The van der Waals surface area contributed by atoms with Crippen molar-refractivity contribution in [2.45, 2.75) is 18.8 Å². The van der Waals surface area contributed by atoms with Crippen LogP contribution in [-0.2, 0) is 0 Å². The first-order valence-electron chi connectivity index (χ1n) is 8.06. The van der Waals surface area contributed by atoms with E-state index in [4.69, 9.17) is 4.42 Å². The summed E-state index contributed by atoms with van der Waals surface area (Å²) in [5.41, 5.74) is 1.65. The summed E-state index contributed by atoms with van der Waals surface area (Å²) < 4.78 is 5.67. The molecule has 122 valence electrons. The molecule has 24 heavy (non-hydrogen) atoms. The van der Waals surface area contributed by atoms with Crippen LogP contribution in [0.3, 0.4) is 0 Å². The molecule has 2 aromatic heterocycles. The maximum absolute atomic E-state index is 12.7. The number of hydrogen-bond donors (Lipinski definition) is 0. The molecule has 5 heteroatoms. The van der Waals surface area contributed by atoms with Crippen molar-refractivity contribution in [1.29, 1.82) is 0 Å². The summed E-state index contributed by atoms with van der Waals surface area (Å²) in [4.78, 5) is 26.6. The highest BCUT2D eigenvalue weighted by Crippen LogP contribution is 2.30. The van der Waals surface area contributed by atoms with Crippen molar-refractivity contribution in [2.75, 3.05) is 13.1 Å². The van der Waals surface area contributed by atoms with Crippen LogP contribution < -0.4 is 5.43 Å². The number of nitrogens with zero attached hydrogens (tertiary/aromatic N) is 1. The van der Waals surface area contributed by atoms with E-state index in [-0.39, 0.29) is 17.1 Å². The number of carbonyl (C=O) groups is 1. The van der Waals surface area contributed by atoms with Gasteiger partial charge in [-0.25, -0.2) is 0 Å². The lowest BCUT2D eigenvalue weighted by molar-refractivity contribution is 0.0681. The smallest absolute Gasteiger partial charge is 0.289 e. The molecule has 0 bridgehead atoms. The monoisotopic (exact) mass is 339 g/mol. The zero-order valence-corrected chi connectivity index (χ0v) is 13.9. The van der Waals surface area contributed by atoms with Gasteiger partial charge in [-0.1, -0.05) is 12.1 Å². The zero-order valence-electron chi connectivity index (χ0n) is 13.1. The third kappa shape index (κ3) is 2.76. The Hall–Kier alpha value is -2.40. The Kier molecular flexibility index (Phi) is 3.94. The Bertz CT molecular complexity index is 921. The molecule has 1 saturated heterocycles. The van der Waals surface area contributed by atoms with Gasteiger partial charge >= 0.3 is 0 Å². The first-order chi connectivity index (χ1) is 11.7. The molecule has 1 fully saturated rings. The zero-order chi connectivity index (χ0) is 16.5. The van der Waals surface area contributed by atoms with Gasteiger partial charge in [0.1, 0.15) is 5.58 Å². The fraction of sp³-hybridized carbons (Fsp3) is 0.263. The van der Waals surface area contributed by atoms with Crippen LogP contribution in [0.4, 0.5) is 0 Å². The van der Waals surface area contributed by atoms with Crippen molar-refractivity contribution in [3.63, 3.8) is 0 Å². The van der Waals surface area contributed by atoms with E-state index in [1.165, 1.54) is 11.6 Å². The number of hydrogen-bond acceptors (Lipinski definition) is 4. The Morgan fingerprint density at radius 1 is 1.17 bits per heavy atom. The van der Waals surface area contributed by atoms with Gasteiger partial charge in [0, 0.05) is 19.2 Å². The summed E-state index contributed by atoms with van der Waals surface area (Å²) in [5, 5.41) is 4.78. The predicted octanol–water partition coefficient (Wildman–Crippen LogP) is 3.87. The SMILES string of the molecule is O=C(c1cc(=O)c2ccccc2o1)N1CCC(c2ccsc2)CC1. The van der Waals surface area contributed by atoms with Gasteiger partial charge in [0.15, 0.2) is 11.2 Å². The third-order valence-electron chi connectivity index (χ3n) is 4.64. The highest BCUT2D eigenvalue weighted by Gasteiger charge is 2.26. The number of rotatable bonds is 2. The number of amides is 1. The van der Waals surface area contributed by atoms with E-state index in [2.05, 4.69) is 16.8 Å². The standard InChI is InChI=1S/C19H17NO3S/c21-16-11-18(23-17-4-2-1-3-15(16)17)19(22)20-8-5-13(6-9-20)14-7-10-24-12-14/h1-4,7,10-13H,5-6,8-9H2. The maximum atomic E-state index is 12.7. The average Bonchev–Trinajstić information content (AvgIpc) is 3.16. The van der Waals surface area contributed by atoms with Crippen molar-refractivity contribution in [3.8, 4) is 0 Å². The van der Waals surface area contributed by atoms with Crippen molar-refractivity contribution in [3.05, 3.63) is 68.7 Å². The largest absolute Gasteiger partial charge is 0.451 e. The molecule has 0 spiro atoms. The fourth-order valence-electron chi connectivity index (χ4n) is 3.29. The van der Waals surface area contributed by atoms with E-state index in [1.807, 2.05) is 0 Å². The van der Waals surface area contributed by atoms with Crippen LogP contribution in [0.15, 0.2) is 56.4 Å². The van der Waals surface area contributed by atoms with Crippen molar-refractivity contribution in [2.24, 2.45) is 0 Å². The number of piperidine rings is 1. The van der Waals surface area contributed by atoms with Crippen LogP contribution in [0.5, 0.6) is 0 Å². The molecule has 0 N–H and O–H groups in total. The van der Waals surface area contributed by atoms with Crippen LogP contribution in [0.2, 0.25) is 0 Å². The van der Waals surface area contributed by atoms with Gasteiger partial charge < -0.3 is 9.32 Å². The minimum Gasteiger partial charge on any atom is -0.451 e. The fourth-order valence-corrected chi connectivity index (χ4v) is 4.03.